The molecule has 1 saturated heterocycles. The summed E-state index contributed by atoms with van der Waals surface area (Å²) in [6.07, 6.45) is 0. The zero-order valence-corrected chi connectivity index (χ0v) is 12.7. The number of thioether (sulfide) groups is 1. The Kier molecular flexibility index (Phi) is 5.64. The van der Waals surface area contributed by atoms with Crippen LogP contribution in [0.3, 0.4) is 0 Å². The highest BCUT2D eigenvalue weighted by atomic mass is 32.2. The van der Waals surface area contributed by atoms with Crippen molar-refractivity contribution in [2.24, 2.45) is 17.6 Å². The van der Waals surface area contributed by atoms with Crippen LogP contribution in [-0.2, 0) is 25.7 Å². The lowest BCUT2D eigenvalue weighted by atomic mass is 9.91. The topological polar surface area (TPSA) is 78.6 Å². The van der Waals surface area contributed by atoms with Crippen molar-refractivity contribution in [2.75, 3.05) is 19.4 Å². The van der Waals surface area contributed by atoms with Crippen molar-refractivity contribution in [3.05, 3.63) is 35.9 Å². The first kappa shape index (κ1) is 15.9. The van der Waals surface area contributed by atoms with Gasteiger partial charge in [0.05, 0.1) is 18.9 Å². The van der Waals surface area contributed by atoms with E-state index in [1.54, 1.807) is 0 Å². The van der Waals surface area contributed by atoms with Gasteiger partial charge in [-0.15, -0.1) is 0 Å². The van der Waals surface area contributed by atoms with Crippen molar-refractivity contribution in [3.63, 3.8) is 0 Å². The van der Waals surface area contributed by atoms with Crippen LogP contribution in [0.4, 0.5) is 0 Å². The predicted molar refractivity (Wildman–Crippen MR) is 80.5 cm³/mol. The molecule has 0 spiro atoms. The Hall–Kier alpha value is -1.53. The zero-order valence-electron chi connectivity index (χ0n) is 11.9. The Balaban J connectivity index is 2.02. The number of carbonyl (C=O) groups is 2. The molecule has 3 unspecified atom stereocenters. The number of rotatable bonds is 5. The van der Waals surface area contributed by atoms with Crippen LogP contribution in [0, 0.1) is 11.8 Å². The first-order chi connectivity index (χ1) is 10.2. The SMILES string of the molecule is COC(=O)C1CSC(CN)C1C(=O)OCc1ccccc1. The molecule has 0 aromatic heterocycles. The summed E-state index contributed by atoms with van der Waals surface area (Å²) in [4.78, 5) is 24.1. The fourth-order valence-electron chi connectivity index (χ4n) is 2.42. The van der Waals surface area contributed by atoms with E-state index >= 15 is 0 Å². The van der Waals surface area contributed by atoms with Gasteiger partial charge in [-0.05, 0) is 5.56 Å². The fraction of sp³-hybridized carbons (Fsp3) is 0.467. The molecule has 1 heterocycles. The molecule has 1 fully saturated rings. The maximum absolute atomic E-state index is 12.3. The second kappa shape index (κ2) is 7.47. The van der Waals surface area contributed by atoms with E-state index in [9.17, 15) is 9.59 Å². The van der Waals surface area contributed by atoms with Gasteiger partial charge >= 0.3 is 11.9 Å². The molecule has 21 heavy (non-hydrogen) atoms. The molecule has 5 nitrogen and oxygen atoms in total. The summed E-state index contributed by atoms with van der Waals surface area (Å²) in [5, 5.41) is -0.0997. The highest BCUT2D eigenvalue weighted by molar-refractivity contribution is 8.00. The Morgan fingerprint density at radius 1 is 1.29 bits per heavy atom. The van der Waals surface area contributed by atoms with Crippen molar-refractivity contribution >= 4 is 23.7 Å². The largest absolute Gasteiger partial charge is 0.469 e. The van der Waals surface area contributed by atoms with E-state index in [2.05, 4.69) is 0 Å². The molecule has 0 aliphatic carbocycles. The molecule has 2 N–H and O–H groups in total. The van der Waals surface area contributed by atoms with Crippen molar-refractivity contribution in [1.29, 1.82) is 0 Å². The summed E-state index contributed by atoms with van der Waals surface area (Å²) in [6.45, 7) is 0.537. The van der Waals surface area contributed by atoms with Gasteiger partial charge in [0.2, 0.25) is 0 Å². The first-order valence-electron chi connectivity index (χ1n) is 6.77. The number of hydrogen-bond acceptors (Lipinski definition) is 6. The third kappa shape index (κ3) is 3.77. The highest BCUT2D eigenvalue weighted by Crippen LogP contribution is 2.38. The third-order valence-corrected chi connectivity index (χ3v) is 5.02. The van der Waals surface area contributed by atoms with Gasteiger partial charge in [0, 0.05) is 17.5 Å². The maximum atomic E-state index is 12.3. The Labute approximate surface area is 128 Å². The lowest BCUT2D eigenvalue weighted by Crippen LogP contribution is -2.37. The lowest BCUT2D eigenvalue weighted by molar-refractivity contribution is -0.158. The Morgan fingerprint density at radius 2 is 2.00 bits per heavy atom. The summed E-state index contributed by atoms with van der Waals surface area (Å²) >= 11 is 1.53. The van der Waals surface area contributed by atoms with Crippen LogP contribution in [0.15, 0.2) is 30.3 Å². The molecule has 114 valence electrons. The van der Waals surface area contributed by atoms with Crippen LogP contribution < -0.4 is 5.73 Å². The van der Waals surface area contributed by atoms with Gasteiger partial charge in [0.15, 0.2) is 0 Å². The standard InChI is InChI=1S/C15H19NO4S/c1-19-14(17)11-9-21-12(7-16)13(11)15(18)20-8-10-5-3-2-4-6-10/h2-6,11-13H,7-9,16H2,1H3. The number of esters is 2. The molecule has 1 aromatic rings. The lowest BCUT2D eigenvalue weighted by Gasteiger charge is -2.20. The van der Waals surface area contributed by atoms with Crippen LogP contribution in [0.25, 0.3) is 0 Å². The predicted octanol–water partition coefficient (Wildman–Crippen LogP) is 1.21. The second-order valence-corrected chi connectivity index (χ2v) is 6.13. The van der Waals surface area contributed by atoms with Gasteiger partial charge in [-0.3, -0.25) is 9.59 Å². The summed E-state index contributed by atoms with van der Waals surface area (Å²) in [7, 11) is 1.33. The molecule has 0 amide bonds. The number of ether oxygens (including phenoxy) is 2. The van der Waals surface area contributed by atoms with E-state index in [1.165, 1.54) is 18.9 Å². The molecule has 1 aromatic carbocycles. The molecule has 0 radical (unpaired) electrons. The molecule has 6 heteroatoms. The van der Waals surface area contributed by atoms with Gasteiger partial charge in [-0.1, -0.05) is 30.3 Å². The number of nitrogens with two attached hydrogens (primary N) is 1. The van der Waals surface area contributed by atoms with E-state index < -0.39 is 11.8 Å². The molecule has 0 saturated carbocycles. The monoisotopic (exact) mass is 309 g/mol. The first-order valence-corrected chi connectivity index (χ1v) is 7.82. The van der Waals surface area contributed by atoms with E-state index in [-0.39, 0.29) is 23.8 Å². The Bertz CT molecular complexity index is 494. The molecule has 3 atom stereocenters. The van der Waals surface area contributed by atoms with Crippen LogP contribution in [-0.4, -0.2) is 36.6 Å². The van der Waals surface area contributed by atoms with E-state index in [4.69, 9.17) is 15.2 Å². The van der Waals surface area contributed by atoms with Crippen LogP contribution in [0.5, 0.6) is 0 Å². The van der Waals surface area contributed by atoms with Crippen molar-refractivity contribution in [3.8, 4) is 0 Å². The van der Waals surface area contributed by atoms with Crippen molar-refractivity contribution in [2.45, 2.75) is 11.9 Å². The van der Waals surface area contributed by atoms with Crippen LogP contribution >= 0.6 is 11.8 Å². The quantitative estimate of drug-likeness (QED) is 0.824. The smallest absolute Gasteiger partial charge is 0.311 e. The molecular formula is C15H19NO4S. The Morgan fingerprint density at radius 3 is 2.62 bits per heavy atom. The van der Waals surface area contributed by atoms with Gasteiger partial charge in [0.25, 0.3) is 0 Å². The maximum Gasteiger partial charge on any atom is 0.311 e. The minimum Gasteiger partial charge on any atom is -0.469 e. The number of carbonyl (C=O) groups excluding carboxylic acids is 2. The summed E-state index contributed by atoms with van der Waals surface area (Å²) in [5.74, 6) is -1.22. The average molecular weight is 309 g/mol. The molecular weight excluding hydrogens is 290 g/mol. The summed E-state index contributed by atoms with van der Waals surface area (Å²) in [5.41, 5.74) is 6.60. The van der Waals surface area contributed by atoms with Crippen LogP contribution in [0.1, 0.15) is 5.56 Å². The minimum atomic E-state index is -0.531. The van der Waals surface area contributed by atoms with Crippen molar-refractivity contribution in [1.82, 2.24) is 0 Å². The third-order valence-electron chi connectivity index (χ3n) is 3.56. The molecule has 2 rings (SSSR count). The van der Waals surface area contributed by atoms with Crippen LogP contribution in [0.2, 0.25) is 0 Å². The minimum absolute atomic E-state index is 0.0997. The van der Waals surface area contributed by atoms with E-state index in [0.717, 1.165) is 5.56 Å². The zero-order chi connectivity index (χ0) is 15.2. The van der Waals surface area contributed by atoms with Gasteiger partial charge < -0.3 is 15.2 Å². The normalized spacial score (nSPS) is 24.6. The fourth-order valence-corrected chi connectivity index (χ4v) is 3.86. The summed E-state index contributed by atoms with van der Waals surface area (Å²) in [6, 6.07) is 9.43. The number of methoxy groups -OCH3 is 1. The summed E-state index contributed by atoms with van der Waals surface area (Å²) < 4.78 is 10.1. The van der Waals surface area contributed by atoms with E-state index in [1.807, 2.05) is 30.3 Å². The number of benzene rings is 1. The van der Waals surface area contributed by atoms with Gasteiger partial charge in [-0.25, -0.2) is 0 Å². The second-order valence-electron chi connectivity index (χ2n) is 4.86. The molecule has 1 aliphatic rings. The van der Waals surface area contributed by atoms with Gasteiger partial charge in [-0.2, -0.15) is 11.8 Å². The number of hydrogen-bond donors (Lipinski definition) is 1. The van der Waals surface area contributed by atoms with Crippen molar-refractivity contribution < 1.29 is 19.1 Å². The van der Waals surface area contributed by atoms with E-state index in [0.29, 0.717) is 12.3 Å². The highest BCUT2D eigenvalue weighted by Gasteiger charge is 2.46. The molecule has 0 bridgehead atoms. The average Bonchev–Trinajstić information content (AvgIpc) is 2.96. The van der Waals surface area contributed by atoms with Gasteiger partial charge in [0.1, 0.15) is 6.61 Å². The molecule has 1 aliphatic heterocycles.